The molecule has 0 saturated heterocycles. The van der Waals surface area contributed by atoms with Gasteiger partial charge in [-0.15, -0.1) is 27.1 Å². The number of anilines is 2. The van der Waals surface area contributed by atoms with Gasteiger partial charge in [0, 0.05) is 49.2 Å². The predicted octanol–water partition coefficient (Wildman–Crippen LogP) is 17.6. The summed E-state index contributed by atoms with van der Waals surface area (Å²) >= 11 is 17.4. The average Bonchev–Trinajstić information content (AvgIpc) is 0.790. The van der Waals surface area contributed by atoms with Crippen LogP contribution in [0.1, 0.15) is 159 Å². The van der Waals surface area contributed by atoms with Gasteiger partial charge in [0.2, 0.25) is 11.8 Å². The van der Waals surface area contributed by atoms with Crippen LogP contribution in [0.3, 0.4) is 0 Å². The van der Waals surface area contributed by atoms with E-state index in [9.17, 15) is 28.8 Å². The number of hydrogen-bond acceptors (Lipinski definition) is 11. The monoisotopic (exact) mass is 1560 g/mol. The van der Waals surface area contributed by atoms with E-state index in [1.54, 1.807) is 68.7 Å². The Morgan fingerprint density at radius 3 is 1.46 bits per heavy atom. The first-order chi connectivity index (χ1) is 41.9. The van der Waals surface area contributed by atoms with Gasteiger partial charge in [-0.1, -0.05) is 167 Å². The largest absolute Gasteiger partial charge is 0.508 e. The van der Waals surface area contributed by atoms with E-state index in [1.807, 2.05) is 66.7 Å². The highest BCUT2D eigenvalue weighted by molar-refractivity contribution is 9.26. The summed E-state index contributed by atoms with van der Waals surface area (Å²) in [7, 11) is 2.73. The van der Waals surface area contributed by atoms with E-state index in [0.29, 0.717) is 37.1 Å². The molecular weight excluding hydrogens is 1480 g/mol. The molecule has 1 aliphatic carbocycles. The number of esters is 3. The van der Waals surface area contributed by atoms with Crippen molar-refractivity contribution in [2.75, 3.05) is 42.8 Å². The first-order valence-electron chi connectivity index (χ1n) is 29.4. The van der Waals surface area contributed by atoms with Crippen molar-refractivity contribution in [1.82, 2.24) is 0 Å². The summed E-state index contributed by atoms with van der Waals surface area (Å²) in [6.07, 6.45) is 1.87. The molecule has 5 aromatic rings. The molecule has 0 saturated carbocycles. The van der Waals surface area contributed by atoms with Gasteiger partial charge in [0.05, 0.1) is 61.4 Å². The highest BCUT2D eigenvalue weighted by Crippen LogP contribution is 2.45. The maximum Gasteiger partial charge on any atom is 0.312 e. The number of rotatable bonds is 12. The Hall–Kier alpha value is -5.54. The molecule has 5 aromatic carbocycles. The molecule has 0 aromatic heterocycles. The Morgan fingerprint density at radius 2 is 1.03 bits per heavy atom. The van der Waals surface area contributed by atoms with E-state index in [4.69, 9.17) is 19.3 Å². The fourth-order valence-corrected chi connectivity index (χ4v) is 11.7. The van der Waals surface area contributed by atoms with Gasteiger partial charge in [-0.05, 0) is 146 Å². The Bertz CT molecular complexity index is 3470. The van der Waals surface area contributed by atoms with Gasteiger partial charge < -0.3 is 29.0 Å². The molecule has 484 valence electrons. The molecule has 0 bridgehead atoms. The molecule has 2 heterocycles. The van der Waals surface area contributed by atoms with Gasteiger partial charge in [-0.3, -0.25) is 33.7 Å². The topological polar surface area (TPSA) is 166 Å². The summed E-state index contributed by atoms with van der Waals surface area (Å²) in [5, 5.41) is 9.17. The number of Topliss-reactive ketones (excluding diaryl/α,β-unsaturated/α-hetero) is 1. The van der Waals surface area contributed by atoms with Crippen LogP contribution < -0.4 is 14.5 Å². The quantitative estimate of drug-likeness (QED) is 0.0240. The predicted molar refractivity (Wildman–Crippen MR) is 380 cm³/mol. The average molecular weight is 1570 g/mol. The standard InChI is InChI=1S/C26H27BrO4.C17H22BrNO3.C13H14O3.C12H13Br2NO.C3H9BrSi/c1-5-6-18(13-25(29)30-4)17-7-10-20(11-8-17)31-16-22-21-12-9-19(27)14-23(21)26(2,3)15-24(22)28;1-16(2,3)15(21)22-10-19-13-7-6-11(18)8-12(13)17(4,5)9-14(19)20;1-3-4-11(9-13(15)16-2)10-5-7-12(14)8-6-10;1-12(2)6-11(16)15(7-13)10-4-3-8(14)5-9(10)12;1-5(2,3)4/h7-12,14,18,22H,13,15-16H2,1-4H3;6-8H,9-10H2,1-5H3;5-8,11,14H,9H2,1-2H3;3-5H,6-7H2,1-2H3;1-3H3. The minimum atomic E-state index is -0.799. The number of nitrogens with zero attached hydrogens (tertiary/aromatic N) is 2. The third-order valence-corrected chi connectivity index (χ3v) is 16.7. The highest BCUT2D eigenvalue weighted by atomic mass is 79.9. The van der Waals surface area contributed by atoms with Gasteiger partial charge in [0.15, 0.2) is 6.73 Å². The molecule has 90 heavy (non-hydrogen) atoms. The van der Waals surface area contributed by atoms with E-state index < -0.39 is 12.1 Å². The summed E-state index contributed by atoms with van der Waals surface area (Å²) < 4.78 is 23.8. The SMILES string of the molecule is CC#CC(CC(=O)OC)c1ccc(O)cc1.CC#CC(CC(=O)OC)c1ccc(OCC2C(=O)CC(C)(C)c3cc(Br)ccc32)cc1.CC(C)(C)C(=O)OCN1C(=O)CC(C)(C)c2cc(Br)ccc21.CC1(C)CC(=O)N(CBr)c2ccc(Br)cc21.C[Si](C)(C)Br. The molecule has 8 rings (SSSR count). The summed E-state index contributed by atoms with van der Waals surface area (Å²) in [4.78, 5) is 75.4. The summed E-state index contributed by atoms with van der Waals surface area (Å²) in [6, 6.07) is 32.2. The fraction of sp³-hybridized carbons (Fsp3) is 0.437. The Morgan fingerprint density at radius 1 is 0.633 bits per heavy atom. The molecule has 19 heteroatoms. The number of carbonyl (C=O) groups is 6. The normalized spacial score (nSPS) is 16.2. The highest BCUT2D eigenvalue weighted by Gasteiger charge is 2.40. The number of fused-ring (bicyclic) bond motifs is 3. The van der Waals surface area contributed by atoms with E-state index in [0.717, 1.165) is 47.0 Å². The van der Waals surface area contributed by atoms with Crippen molar-refractivity contribution in [3.8, 4) is 35.2 Å². The number of benzene rings is 5. The number of alkyl halides is 1. The van der Waals surface area contributed by atoms with Crippen molar-refractivity contribution in [2.24, 2.45) is 5.41 Å². The molecule has 13 nitrogen and oxygen atoms in total. The number of aromatic hydroxyl groups is 1. The fourth-order valence-electron chi connectivity index (χ4n) is 10.1. The van der Waals surface area contributed by atoms with Crippen molar-refractivity contribution in [1.29, 1.82) is 0 Å². The smallest absolute Gasteiger partial charge is 0.312 e. The third-order valence-electron chi connectivity index (χ3n) is 14.8. The first kappa shape index (κ1) is 76.9. The maximum absolute atomic E-state index is 12.9. The number of ketones is 1. The second kappa shape index (κ2) is 33.9. The van der Waals surface area contributed by atoms with Gasteiger partial charge >= 0.3 is 17.9 Å². The minimum absolute atomic E-state index is 0.0264. The van der Waals surface area contributed by atoms with Crippen molar-refractivity contribution in [3.05, 3.63) is 150 Å². The lowest BCUT2D eigenvalue weighted by Crippen LogP contribution is -2.44. The molecule has 0 spiro atoms. The van der Waals surface area contributed by atoms with E-state index in [-0.39, 0.29) is 94.8 Å². The van der Waals surface area contributed by atoms with Gasteiger partial charge in [-0.2, -0.15) is 0 Å². The zero-order chi connectivity index (χ0) is 67.7. The molecule has 3 atom stereocenters. The second-order valence-electron chi connectivity index (χ2n) is 25.8. The summed E-state index contributed by atoms with van der Waals surface area (Å²) in [5.74, 6) is 11.3. The molecule has 1 N–H and O–H groups in total. The van der Waals surface area contributed by atoms with E-state index in [2.05, 4.69) is 181 Å². The minimum Gasteiger partial charge on any atom is -0.508 e. The van der Waals surface area contributed by atoms with Gasteiger partial charge in [0.25, 0.3) is 0 Å². The van der Waals surface area contributed by atoms with Crippen LogP contribution in [0.5, 0.6) is 11.5 Å². The zero-order valence-corrected chi connectivity index (χ0v) is 63.4. The molecule has 3 unspecified atom stereocenters. The van der Waals surface area contributed by atoms with E-state index in [1.165, 1.54) is 25.3 Å². The number of halogens is 5. The number of ether oxygens (including phenoxy) is 4. The number of phenolic OH excluding ortho intramolecular Hbond substituents is 1. The number of carbonyl (C=O) groups excluding carboxylic acids is 6. The first-order valence-corrected chi connectivity index (χ1v) is 38.6. The summed E-state index contributed by atoms with van der Waals surface area (Å²) in [6.45, 7) is 27.6. The van der Waals surface area contributed by atoms with Crippen LogP contribution in [0, 0.1) is 29.1 Å². The van der Waals surface area contributed by atoms with Crippen LogP contribution in [0.4, 0.5) is 11.4 Å². The van der Waals surface area contributed by atoms with Crippen molar-refractivity contribution in [3.63, 3.8) is 0 Å². The Labute approximate surface area is 576 Å². The van der Waals surface area contributed by atoms with Gasteiger partial charge in [-0.25, -0.2) is 0 Å². The van der Waals surface area contributed by atoms with Crippen LogP contribution in [-0.4, -0.2) is 80.3 Å². The lowest BCUT2D eigenvalue weighted by atomic mass is 9.68. The molecular formula is C71H85Br5N2O11Si. The van der Waals surface area contributed by atoms with Crippen molar-refractivity contribution in [2.45, 2.75) is 162 Å². The van der Waals surface area contributed by atoms with Crippen LogP contribution in [0.15, 0.2) is 117 Å². The van der Waals surface area contributed by atoms with Gasteiger partial charge in [0.1, 0.15) is 30.6 Å². The molecule has 3 aliphatic rings. The zero-order valence-electron chi connectivity index (χ0n) is 54.5. The molecule has 2 aliphatic heterocycles. The number of methoxy groups -OCH3 is 2. The Kier molecular flexibility index (Phi) is 28.9. The van der Waals surface area contributed by atoms with Crippen LogP contribution >= 0.6 is 79.0 Å². The van der Waals surface area contributed by atoms with Crippen molar-refractivity contribution < 1.29 is 52.8 Å². The lowest BCUT2D eigenvalue weighted by molar-refractivity contribution is -0.153. The van der Waals surface area contributed by atoms with Crippen LogP contribution in [0.2, 0.25) is 19.6 Å². The van der Waals surface area contributed by atoms with E-state index >= 15 is 0 Å². The molecule has 0 fully saturated rings. The lowest BCUT2D eigenvalue weighted by Gasteiger charge is -2.38. The molecule has 0 radical (unpaired) electrons. The Balaban J connectivity index is 0.000000259. The second-order valence-corrected chi connectivity index (χ2v) is 40.3. The molecule has 2 amide bonds. The number of phenols is 1. The van der Waals surface area contributed by atoms with Crippen LogP contribution in [-0.2, 0) is 59.2 Å². The third kappa shape index (κ3) is 22.9. The number of amides is 2. The van der Waals surface area contributed by atoms with Crippen LogP contribution in [0.25, 0.3) is 0 Å². The van der Waals surface area contributed by atoms with Crippen molar-refractivity contribution >= 4 is 133 Å². The number of hydrogen-bond donors (Lipinski definition) is 1. The summed E-state index contributed by atoms with van der Waals surface area (Å²) in [5.41, 5.74) is 7.64. The maximum atomic E-state index is 12.9.